The minimum atomic E-state index is 0.531. The van der Waals surface area contributed by atoms with Gasteiger partial charge in [0.2, 0.25) is 5.96 Å². The highest BCUT2D eigenvalue weighted by atomic mass is 15.4. The molecule has 0 bridgehead atoms. The fourth-order valence-electron chi connectivity index (χ4n) is 1.87. The van der Waals surface area contributed by atoms with E-state index in [1.54, 1.807) is 7.05 Å². The molecular formula is C9H21N5. The summed E-state index contributed by atoms with van der Waals surface area (Å²) in [6, 6.07) is 1.06. The summed E-state index contributed by atoms with van der Waals surface area (Å²) in [7, 11) is 3.91. The van der Waals surface area contributed by atoms with Crippen LogP contribution < -0.4 is 11.3 Å². The van der Waals surface area contributed by atoms with Crippen LogP contribution in [0.2, 0.25) is 0 Å². The van der Waals surface area contributed by atoms with Gasteiger partial charge in [0.1, 0.15) is 0 Å². The van der Waals surface area contributed by atoms with Crippen molar-refractivity contribution in [3.8, 4) is 0 Å². The van der Waals surface area contributed by atoms with Crippen molar-refractivity contribution in [3.05, 3.63) is 0 Å². The van der Waals surface area contributed by atoms with Crippen molar-refractivity contribution in [1.29, 1.82) is 0 Å². The summed E-state index contributed by atoms with van der Waals surface area (Å²) in [5.41, 5.74) is 2.63. The largest absolute Gasteiger partial charge is 0.339 e. The Bertz CT molecular complexity index is 203. The molecule has 1 aliphatic heterocycles. The van der Waals surface area contributed by atoms with Crippen molar-refractivity contribution >= 4 is 5.96 Å². The number of nitrogens with one attached hydrogen (secondary N) is 1. The summed E-state index contributed by atoms with van der Waals surface area (Å²) in [6.45, 7) is 6.37. The Morgan fingerprint density at radius 3 is 2.21 bits per heavy atom. The molecule has 14 heavy (non-hydrogen) atoms. The average Bonchev–Trinajstić information content (AvgIpc) is 2.16. The maximum atomic E-state index is 5.40. The first-order valence-corrected chi connectivity index (χ1v) is 5.00. The molecule has 0 aromatic carbocycles. The zero-order valence-corrected chi connectivity index (χ0v) is 9.49. The second-order valence-corrected chi connectivity index (χ2v) is 3.96. The summed E-state index contributed by atoms with van der Waals surface area (Å²) in [5, 5.41) is 0. The quantitative estimate of drug-likeness (QED) is 0.238. The van der Waals surface area contributed by atoms with E-state index < -0.39 is 0 Å². The van der Waals surface area contributed by atoms with Crippen molar-refractivity contribution < 1.29 is 0 Å². The van der Waals surface area contributed by atoms with Crippen LogP contribution in [0.3, 0.4) is 0 Å². The van der Waals surface area contributed by atoms with Crippen LogP contribution in [0.1, 0.15) is 13.8 Å². The van der Waals surface area contributed by atoms with Gasteiger partial charge >= 0.3 is 0 Å². The number of piperazine rings is 1. The van der Waals surface area contributed by atoms with E-state index in [1.807, 2.05) is 0 Å². The van der Waals surface area contributed by atoms with Crippen molar-refractivity contribution in [2.45, 2.75) is 25.9 Å². The molecule has 1 aliphatic rings. The molecule has 1 rings (SSSR count). The monoisotopic (exact) mass is 199 g/mol. The minimum absolute atomic E-state index is 0.531. The first-order chi connectivity index (χ1) is 6.60. The van der Waals surface area contributed by atoms with Crippen molar-refractivity contribution in [2.75, 3.05) is 27.2 Å². The van der Waals surface area contributed by atoms with E-state index in [0.717, 1.165) is 19.0 Å². The third kappa shape index (κ3) is 2.16. The molecular weight excluding hydrogens is 178 g/mol. The Kier molecular flexibility index (Phi) is 3.71. The molecule has 5 heteroatoms. The van der Waals surface area contributed by atoms with E-state index in [4.69, 9.17) is 5.84 Å². The second kappa shape index (κ2) is 4.61. The Morgan fingerprint density at radius 2 is 1.86 bits per heavy atom. The summed E-state index contributed by atoms with van der Waals surface area (Å²) < 4.78 is 0. The molecule has 3 N–H and O–H groups in total. The topological polar surface area (TPSA) is 56.9 Å². The highest BCUT2D eigenvalue weighted by Gasteiger charge is 2.27. The number of guanidine groups is 1. The maximum Gasteiger partial charge on any atom is 0.208 e. The average molecular weight is 199 g/mol. The van der Waals surface area contributed by atoms with Crippen LogP contribution >= 0.6 is 0 Å². The molecule has 2 atom stereocenters. The Balaban J connectivity index is 2.66. The van der Waals surface area contributed by atoms with Crippen LogP contribution in [0.4, 0.5) is 0 Å². The third-order valence-corrected chi connectivity index (χ3v) is 3.00. The van der Waals surface area contributed by atoms with E-state index in [-0.39, 0.29) is 0 Å². The van der Waals surface area contributed by atoms with Crippen LogP contribution in [0.5, 0.6) is 0 Å². The lowest BCUT2D eigenvalue weighted by Gasteiger charge is -2.43. The summed E-state index contributed by atoms with van der Waals surface area (Å²) in [5.74, 6) is 6.18. The van der Waals surface area contributed by atoms with E-state index in [0.29, 0.717) is 12.1 Å². The number of hydrogen-bond donors (Lipinski definition) is 2. The molecule has 1 heterocycles. The van der Waals surface area contributed by atoms with Gasteiger partial charge in [-0.25, -0.2) is 5.84 Å². The van der Waals surface area contributed by atoms with Gasteiger partial charge in [-0.15, -0.1) is 0 Å². The van der Waals surface area contributed by atoms with Crippen LogP contribution in [0.25, 0.3) is 0 Å². The van der Waals surface area contributed by atoms with E-state index in [9.17, 15) is 0 Å². The number of rotatable bonds is 0. The highest BCUT2D eigenvalue weighted by Crippen LogP contribution is 2.12. The van der Waals surface area contributed by atoms with E-state index in [2.05, 4.69) is 41.1 Å². The molecule has 1 saturated heterocycles. The smallest absolute Gasteiger partial charge is 0.208 e. The first kappa shape index (κ1) is 11.3. The Labute approximate surface area is 85.9 Å². The molecule has 0 saturated carbocycles. The molecule has 0 radical (unpaired) electrons. The summed E-state index contributed by atoms with van der Waals surface area (Å²) >= 11 is 0. The normalized spacial score (nSPS) is 30.6. The van der Waals surface area contributed by atoms with Crippen LogP contribution in [0.15, 0.2) is 4.99 Å². The molecule has 0 amide bonds. The highest BCUT2D eigenvalue weighted by molar-refractivity contribution is 5.79. The lowest BCUT2D eigenvalue weighted by molar-refractivity contribution is 0.0968. The number of nitrogens with two attached hydrogens (primary N) is 1. The van der Waals surface area contributed by atoms with Gasteiger partial charge in [-0.2, -0.15) is 0 Å². The van der Waals surface area contributed by atoms with Gasteiger partial charge in [0.15, 0.2) is 0 Å². The SMILES string of the molecule is CN=C(NN)N1CC(C)N(C)C(C)C1. The Morgan fingerprint density at radius 1 is 1.36 bits per heavy atom. The molecule has 0 aromatic rings. The second-order valence-electron chi connectivity index (χ2n) is 3.96. The van der Waals surface area contributed by atoms with E-state index >= 15 is 0 Å². The number of hydrogen-bond acceptors (Lipinski definition) is 3. The molecule has 0 aromatic heterocycles. The predicted molar refractivity (Wildman–Crippen MR) is 58.9 cm³/mol. The molecule has 0 aliphatic carbocycles. The fraction of sp³-hybridized carbons (Fsp3) is 0.889. The van der Waals surface area contributed by atoms with Gasteiger partial charge in [0.25, 0.3) is 0 Å². The van der Waals surface area contributed by atoms with Crippen molar-refractivity contribution in [1.82, 2.24) is 15.2 Å². The van der Waals surface area contributed by atoms with Crippen molar-refractivity contribution in [3.63, 3.8) is 0 Å². The first-order valence-electron chi connectivity index (χ1n) is 5.00. The fourth-order valence-corrected chi connectivity index (χ4v) is 1.87. The summed E-state index contributed by atoms with van der Waals surface area (Å²) in [4.78, 5) is 8.68. The lowest BCUT2D eigenvalue weighted by atomic mass is 10.1. The van der Waals surface area contributed by atoms with Crippen LogP contribution in [-0.2, 0) is 0 Å². The number of hydrazine groups is 1. The number of likely N-dealkylation sites (N-methyl/N-ethyl adjacent to an activating group) is 1. The molecule has 82 valence electrons. The van der Waals surface area contributed by atoms with Gasteiger partial charge in [-0.3, -0.25) is 15.3 Å². The van der Waals surface area contributed by atoms with Gasteiger partial charge in [0, 0.05) is 32.2 Å². The lowest BCUT2D eigenvalue weighted by Crippen LogP contribution is -2.59. The summed E-state index contributed by atoms with van der Waals surface area (Å²) in [6.07, 6.45) is 0. The van der Waals surface area contributed by atoms with Gasteiger partial charge in [-0.1, -0.05) is 0 Å². The third-order valence-electron chi connectivity index (χ3n) is 3.00. The van der Waals surface area contributed by atoms with Gasteiger partial charge < -0.3 is 4.90 Å². The standard InChI is InChI=1S/C9H21N5/c1-7-5-14(9(11-3)12-10)6-8(2)13(7)4/h7-8H,5-6,10H2,1-4H3,(H,11,12). The zero-order valence-electron chi connectivity index (χ0n) is 9.49. The minimum Gasteiger partial charge on any atom is -0.339 e. The van der Waals surface area contributed by atoms with Gasteiger partial charge in [-0.05, 0) is 20.9 Å². The van der Waals surface area contributed by atoms with Crippen LogP contribution in [0, 0.1) is 0 Å². The molecule has 5 nitrogen and oxygen atoms in total. The predicted octanol–water partition coefficient (Wildman–Crippen LogP) is -0.540. The maximum absolute atomic E-state index is 5.40. The number of aliphatic imine (C=N–C) groups is 1. The molecule has 1 fully saturated rings. The van der Waals surface area contributed by atoms with Gasteiger partial charge in [0.05, 0.1) is 0 Å². The van der Waals surface area contributed by atoms with Crippen molar-refractivity contribution in [2.24, 2.45) is 10.8 Å². The number of nitrogens with zero attached hydrogens (tertiary/aromatic N) is 3. The van der Waals surface area contributed by atoms with Crippen LogP contribution in [-0.4, -0.2) is 55.0 Å². The van der Waals surface area contributed by atoms with E-state index in [1.165, 1.54) is 0 Å². The Hall–Kier alpha value is -0.810. The molecule has 0 spiro atoms. The molecule has 2 unspecified atom stereocenters. The zero-order chi connectivity index (χ0) is 10.7.